The van der Waals surface area contributed by atoms with E-state index >= 15 is 0 Å². The predicted molar refractivity (Wildman–Crippen MR) is 70.7 cm³/mol. The van der Waals surface area contributed by atoms with Crippen molar-refractivity contribution in [2.45, 2.75) is 37.5 Å². The van der Waals surface area contributed by atoms with E-state index in [9.17, 15) is 9.90 Å². The Balaban J connectivity index is 1.73. The van der Waals surface area contributed by atoms with Crippen LogP contribution in [0.2, 0.25) is 0 Å². The molecule has 1 aromatic rings. The summed E-state index contributed by atoms with van der Waals surface area (Å²) < 4.78 is 0. The fraction of sp³-hybridized carbons (Fsp3) is 0.667. The molecule has 0 spiro atoms. The van der Waals surface area contributed by atoms with Crippen LogP contribution < -0.4 is 0 Å². The minimum absolute atomic E-state index is 0.0466. The van der Waals surface area contributed by atoms with E-state index in [0.29, 0.717) is 17.3 Å². The topological polar surface area (TPSA) is 37.3 Å². The first-order valence-corrected chi connectivity index (χ1v) is 7.83. The van der Waals surface area contributed by atoms with Crippen molar-refractivity contribution in [3.8, 4) is 0 Å². The molecule has 4 saturated carbocycles. The van der Waals surface area contributed by atoms with Crippen LogP contribution >= 0.6 is 11.3 Å². The van der Waals surface area contributed by atoms with Gasteiger partial charge in [-0.3, -0.25) is 4.79 Å². The van der Waals surface area contributed by atoms with Crippen LogP contribution in [0.1, 0.15) is 37.0 Å². The highest BCUT2D eigenvalue weighted by atomic mass is 32.1. The molecule has 4 bridgehead atoms. The summed E-state index contributed by atoms with van der Waals surface area (Å²) in [5.74, 6) is 1.09. The minimum atomic E-state index is -0.537. The number of aliphatic carboxylic acids is 1. The van der Waals surface area contributed by atoms with Crippen LogP contribution in [0.4, 0.5) is 0 Å². The lowest BCUT2D eigenvalue weighted by Gasteiger charge is -2.58. The molecule has 1 heterocycles. The Bertz CT molecular complexity index is 463. The van der Waals surface area contributed by atoms with Gasteiger partial charge in [-0.15, -0.1) is 11.3 Å². The smallest absolute Gasteiger partial charge is 0.307 e. The average molecular weight is 262 g/mol. The summed E-state index contributed by atoms with van der Waals surface area (Å²) in [6.07, 6.45) is 5.89. The van der Waals surface area contributed by atoms with Gasteiger partial charge in [-0.1, -0.05) is 6.07 Å². The van der Waals surface area contributed by atoms with Gasteiger partial charge in [-0.25, -0.2) is 0 Å². The van der Waals surface area contributed by atoms with Gasteiger partial charge in [-0.05, 0) is 61.3 Å². The summed E-state index contributed by atoms with van der Waals surface area (Å²) in [4.78, 5) is 13.0. The van der Waals surface area contributed by atoms with Crippen molar-refractivity contribution >= 4 is 17.3 Å². The predicted octanol–water partition coefficient (Wildman–Crippen LogP) is 3.53. The van der Waals surface area contributed by atoms with E-state index < -0.39 is 5.97 Å². The third kappa shape index (κ3) is 1.37. The number of carboxylic acids is 1. The van der Waals surface area contributed by atoms with Gasteiger partial charge in [-0.2, -0.15) is 0 Å². The Labute approximate surface area is 111 Å². The maximum absolute atomic E-state index is 11.5. The third-order valence-corrected chi connectivity index (χ3v) is 6.72. The second-order valence-electron chi connectivity index (χ2n) is 6.59. The Morgan fingerprint density at radius 3 is 2.56 bits per heavy atom. The van der Waals surface area contributed by atoms with Crippen LogP contribution in [0.15, 0.2) is 17.5 Å². The molecule has 5 rings (SSSR count). The lowest BCUT2D eigenvalue weighted by molar-refractivity contribution is -0.157. The van der Waals surface area contributed by atoms with E-state index in [2.05, 4.69) is 17.5 Å². The molecule has 1 N–H and O–H groups in total. The fourth-order valence-corrected chi connectivity index (χ4v) is 6.27. The number of hydrogen-bond acceptors (Lipinski definition) is 2. The average Bonchev–Trinajstić information content (AvgIpc) is 2.80. The molecule has 4 aliphatic carbocycles. The quantitative estimate of drug-likeness (QED) is 0.885. The van der Waals surface area contributed by atoms with Crippen molar-refractivity contribution in [1.29, 1.82) is 0 Å². The summed E-state index contributed by atoms with van der Waals surface area (Å²) in [5, 5.41) is 11.6. The van der Waals surface area contributed by atoms with Gasteiger partial charge in [0.15, 0.2) is 0 Å². The second kappa shape index (κ2) is 3.60. The zero-order chi connectivity index (χ0) is 12.3. The van der Waals surface area contributed by atoms with Crippen LogP contribution in [0, 0.1) is 23.7 Å². The van der Waals surface area contributed by atoms with Gasteiger partial charge in [0.2, 0.25) is 0 Å². The highest BCUT2D eigenvalue weighted by Crippen LogP contribution is 2.63. The van der Waals surface area contributed by atoms with Crippen molar-refractivity contribution in [3.05, 3.63) is 22.4 Å². The molecule has 0 saturated heterocycles. The van der Waals surface area contributed by atoms with Gasteiger partial charge < -0.3 is 5.11 Å². The van der Waals surface area contributed by atoms with E-state index in [1.54, 1.807) is 0 Å². The van der Waals surface area contributed by atoms with Crippen molar-refractivity contribution in [2.75, 3.05) is 0 Å². The Kier molecular flexibility index (Phi) is 2.20. The molecule has 0 radical (unpaired) electrons. The SMILES string of the molecule is O=C(O)C1C2CC3CC1CC(c1cccs1)(C3)C2. The van der Waals surface area contributed by atoms with Gasteiger partial charge in [0.25, 0.3) is 0 Å². The molecule has 2 nitrogen and oxygen atoms in total. The molecule has 1 aromatic heterocycles. The van der Waals surface area contributed by atoms with E-state index in [4.69, 9.17) is 0 Å². The third-order valence-electron chi connectivity index (χ3n) is 5.60. The Morgan fingerprint density at radius 2 is 2.00 bits per heavy atom. The van der Waals surface area contributed by atoms with Crippen LogP contribution in [0.5, 0.6) is 0 Å². The molecule has 18 heavy (non-hydrogen) atoms. The molecule has 96 valence electrons. The van der Waals surface area contributed by atoms with Crippen molar-refractivity contribution in [3.63, 3.8) is 0 Å². The molecular weight excluding hydrogens is 244 g/mol. The van der Waals surface area contributed by atoms with Crippen molar-refractivity contribution in [1.82, 2.24) is 0 Å². The molecule has 2 atom stereocenters. The first-order valence-electron chi connectivity index (χ1n) is 6.95. The Morgan fingerprint density at radius 1 is 1.28 bits per heavy atom. The van der Waals surface area contributed by atoms with Crippen LogP contribution in [0.3, 0.4) is 0 Å². The molecule has 4 aliphatic rings. The largest absolute Gasteiger partial charge is 0.481 e. The zero-order valence-electron chi connectivity index (χ0n) is 10.3. The zero-order valence-corrected chi connectivity index (χ0v) is 11.2. The van der Waals surface area contributed by atoms with E-state index in [1.807, 2.05) is 11.3 Å². The molecule has 0 aliphatic heterocycles. The van der Waals surface area contributed by atoms with Crippen LogP contribution in [-0.2, 0) is 10.2 Å². The standard InChI is InChI=1S/C15H18O2S/c16-14(17)13-10-4-9-5-11(13)8-15(6-9,7-10)12-2-1-3-18-12/h1-3,9-11,13H,4-8H2,(H,16,17). The number of carboxylic acid groups (broad SMARTS) is 1. The minimum Gasteiger partial charge on any atom is -0.481 e. The van der Waals surface area contributed by atoms with Gasteiger partial charge >= 0.3 is 5.97 Å². The van der Waals surface area contributed by atoms with Crippen molar-refractivity contribution < 1.29 is 9.90 Å². The molecule has 0 amide bonds. The van der Waals surface area contributed by atoms with Crippen molar-refractivity contribution in [2.24, 2.45) is 23.7 Å². The van der Waals surface area contributed by atoms with Gasteiger partial charge in [0.1, 0.15) is 0 Å². The van der Waals surface area contributed by atoms with Crippen LogP contribution in [0.25, 0.3) is 0 Å². The normalized spacial score (nSPS) is 45.3. The summed E-state index contributed by atoms with van der Waals surface area (Å²) in [7, 11) is 0. The first kappa shape index (κ1) is 11.0. The molecule has 0 aromatic carbocycles. The number of rotatable bonds is 2. The molecular formula is C15H18O2S. The molecule has 3 heteroatoms. The molecule has 4 fully saturated rings. The number of hydrogen-bond donors (Lipinski definition) is 1. The number of thiophene rings is 1. The highest BCUT2D eigenvalue weighted by molar-refractivity contribution is 7.10. The first-order chi connectivity index (χ1) is 8.68. The lowest BCUT2D eigenvalue weighted by Crippen LogP contribution is -2.54. The van der Waals surface area contributed by atoms with Crippen LogP contribution in [-0.4, -0.2) is 11.1 Å². The fourth-order valence-electron chi connectivity index (χ4n) is 5.31. The summed E-state index contributed by atoms with van der Waals surface area (Å²) in [5.41, 5.74) is 0.344. The summed E-state index contributed by atoms with van der Waals surface area (Å²) in [6, 6.07) is 4.42. The number of carbonyl (C=O) groups is 1. The Hall–Kier alpha value is -0.830. The summed E-state index contributed by atoms with van der Waals surface area (Å²) >= 11 is 1.87. The van der Waals surface area contributed by atoms with Gasteiger partial charge in [0.05, 0.1) is 5.92 Å². The van der Waals surface area contributed by atoms with Gasteiger partial charge in [0, 0.05) is 10.3 Å². The lowest BCUT2D eigenvalue weighted by atomic mass is 9.46. The maximum Gasteiger partial charge on any atom is 0.307 e. The molecule has 2 unspecified atom stereocenters. The maximum atomic E-state index is 11.5. The second-order valence-corrected chi connectivity index (χ2v) is 7.54. The monoisotopic (exact) mass is 262 g/mol. The van der Waals surface area contributed by atoms with E-state index in [-0.39, 0.29) is 5.92 Å². The van der Waals surface area contributed by atoms with E-state index in [1.165, 1.54) is 24.1 Å². The van der Waals surface area contributed by atoms with E-state index in [0.717, 1.165) is 18.8 Å². The summed E-state index contributed by atoms with van der Waals surface area (Å²) in [6.45, 7) is 0. The highest BCUT2D eigenvalue weighted by Gasteiger charge is 2.58.